The molecule has 1 heterocycles. The molecule has 1 spiro atoms. The number of ether oxygens (including phenoxy) is 1. The predicted octanol–water partition coefficient (Wildman–Crippen LogP) is 3.67. The van der Waals surface area contributed by atoms with Gasteiger partial charge in [0.2, 0.25) is 0 Å². The molecule has 2 saturated carbocycles. The molecule has 2 heteroatoms. The zero-order chi connectivity index (χ0) is 13.4. The molecule has 0 amide bonds. The first kappa shape index (κ1) is 12.9. The van der Waals surface area contributed by atoms with Crippen molar-refractivity contribution in [3.63, 3.8) is 0 Å². The zero-order valence-corrected chi connectivity index (χ0v) is 12.6. The second-order valence-corrected chi connectivity index (χ2v) is 8.36. The quantitative estimate of drug-likeness (QED) is 0.713. The Morgan fingerprint density at radius 1 is 0.833 bits per heavy atom. The van der Waals surface area contributed by atoms with E-state index in [0.29, 0.717) is 0 Å². The summed E-state index contributed by atoms with van der Waals surface area (Å²) in [7, 11) is 0. The van der Waals surface area contributed by atoms with Crippen LogP contribution in [0.1, 0.15) is 73.1 Å². The highest BCUT2D eigenvalue weighted by Crippen LogP contribution is 2.70. The molecule has 0 radical (unpaired) electrons. The predicted molar refractivity (Wildman–Crippen MR) is 72.4 cm³/mol. The summed E-state index contributed by atoms with van der Waals surface area (Å²) in [6.45, 7) is 11.2. The summed E-state index contributed by atoms with van der Waals surface area (Å²) in [5.41, 5.74) is -0.744. The maximum absolute atomic E-state index is 11.0. The first-order valence-electron chi connectivity index (χ1n) is 7.50. The van der Waals surface area contributed by atoms with E-state index < -0.39 is 5.60 Å². The third-order valence-electron chi connectivity index (χ3n) is 6.99. The van der Waals surface area contributed by atoms with Crippen LogP contribution in [0.5, 0.6) is 0 Å². The number of hydrogen-bond donors (Lipinski definition) is 1. The molecule has 0 unspecified atom stereocenters. The third kappa shape index (κ3) is 1.22. The second-order valence-electron chi connectivity index (χ2n) is 8.36. The van der Waals surface area contributed by atoms with Gasteiger partial charge in [-0.05, 0) is 70.1 Å². The average Bonchev–Trinajstić information content (AvgIpc) is 2.40. The van der Waals surface area contributed by atoms with Crippen molar-refractivity contribution in [3.05, 3.63) is 0 Å². The van der Waals surface area contributed by atoms with Gasteiger partial charge in [0.05, 0.1) is 11.2 Å². The number of aliphatic hydroxyl groups is 1. The lowest BCUT2D eigenvalue weighted by molar-refractivity contribution is -0.259. The normalized spacial score (nSPS) is 58.3. The van der Waals surface area contributed by atoms with Gasteiger partial charge in [0.15, 0.2) is 0 Å². The van der Waals surface area contributed by atoms with Crippen molar-refractivity contribution in [1.29, 1.82) is 0 Å². The van der Waals surface area contributed by atoms with Crippen LogP contribution >= 0.6 is 0 Å². The Morgan fingerprint density at radius 3 is 2.11 bits per heavy atom. The van der Waals surface area contributed by atoms with Crippen LogP contribution in [-0.2, 0) is 4.74 Å². The van der Waals surface area contributed by atoms with Crippen LogP contribution in [0.25, 0.3) is 0 Å². The van der Waals surface area contributed by atoms with E-state index in [0.717, 1.165) is 19.3 Å². The van der Waals surface area contributed by atoms with Gasteiger partial charge in [0, 0.05) is 0 Å². The van der Waals surface area contributed by atoms with Crippen molar-refractivity contribution in [2.45, 2.75) is 89.9 Å². The molecule has 0 aromatic rings. The maximum atomic E-state index is 11.0. The lowest BCUT2D eigenvalue weighted by Crippen LogP contribution is -2.65. The molecule has 3 rings (SSSR count). The molecule has 1 aliphatic heterocycles. The van der Waals surface area contributed by atoms with Crippen LogP contribution in [0.4, 0.5) is 0 Å². The Hall–Kier alpha value is -0.0800. The van der Waals surface area contributed by atoms with Gasteiger partial charge in [-0.15, -0.1) is 0 Å². The molecule has 18 heavy (non-hydrogen) atoms. The van der Waals surface area contributed by atoms with Crippen LogP contribution in [-0.4, -0.2) is 21.9 Å². The Morgan fingerprint density at radius 2 is 1.44 bits per heavy atom. The highest BCUT2D eigenvalue weighted by atomic mass is 16.5. The Balaban J connectivity index is 2.15. The van der Waals surface area contributed by atoms with E-state index in [9.17, 15) is 5.11 Å². The first-order chi connectivity index (χ1) is 8.08. The fourth-order valence-electron chi connectivity index (χ4n) is 5.14. The minimum Gasteiger partial charge on any atom is -0.387 e. The van der Waals surface area contributed by atoms with Crippen molar-refractivity contribution in [3.8, 4) is 0 Å². The van der Waals surface area contributed by atoms with Crippen molar-refractivity contribution in [1.82, 2.24) is 0 Å². The maximum Gasteiger partial charge on any atom is 0.103 e. The molecule has 3 aliphatic rings. The van der Waals surface area contributed by atoms with Gasteiger partial charge in [-0.2, -0.15) is 0 Å². The van der Waals surface area contributed by atoms with Crippen LogP contribution < -0.4 is 0 Å². The van der Waals surface area contributed by atoms with Crippen LogP contribution in [0.2, 0.25) is 0 Å². The molecule has 0 aromatic heterocycles. The molecule has 1 saturated heterocycles. The van der Waals surface area contributed by atoms with E-state index >= 15 is 0 Å². The van der Waals surface area contributed by atoms with E-state index in [4.69, 9.17) is 4.74 Å². The molecule has 1 N–H and O–H groups in total. The van der Waals surface area contributed by atoms with E-state index in [-0.39, 0.29) is 22.0 Å². The summed E-state index contributed by atoms with van der Waals surface area (Å²) >= 11 is 0. The number of hydrogen-bond acceptors (Lipinski definition) is 2. The van der Waals surface area contributed by atoms with E-state index in [1.54, 1.807) is 0 Å². The van der Waals surface area contributed by atoms with Gasteiger partial charge in [0.1, 0.15) is 5.60 Å². The van der Waals surface area contributed by atoms with E-state index in [1.807, 2.05) is 6.92 Å². The Labute approximate surface area is 111 Å². The van der Waals surface area contributed by atoms with Gasteiger partial charge in [-0.1, -0.05) is 13.8 Å². The second kappa shape index (κ2) is 3.15. The first-order valence-corrected chi connectivity index (χ1v) is 7.50. The molecule has 3 fully saturated rings. The van der Waals surface area contributed by atoms with Crippen LogP contribution in [0.15, 0.2) is 0 Å². The van der Waals surface area contributed by atoms with Crippen molar-refractivity contribution in [2.24, 2.45) is 10.8 Å². The van der Waals surface area contributed by atoms with Crippen LogP contribution in [0.3, 0.4) is 0 Å². The minimum absolute atomic E-state index is 0.119. The van der Waals surface area contributed by atoms with Gasteiger partial charge in [-0.3, -0.25) is 0 Å². The number of fused-ring (bicyclic) bond motifs is 1. The van der Waals surface area contributed by atoms with E-state index in [2.05, 4.69) is 27.7 Å². The fourth-order valence-corrected chi connectivity index (χ4v) is 5.14. The molecule has 104 valence electrons. The van der Waals surface area contributed by atoms with E-state index in [1.165, 1.54) is 19.3 Å². The highest BCUT2D eigenvalue weighted by molar-refractivity contribution is 5.23. The smallest absolute Gasteiger partial charge is 0.103 e. The molecule has 0 aromatic carbocycles. The third-order valence-corrected chi connectivity index (χ3v) is 6.99. The minimum atomic E-state index is -0.671. The molecular formula is C16H28O2. The average molecular weight is 252 g/mol. The Kier molecular flexibility index (Phi) is 2.26. The van der Waals surface area contributed by atoms with Gasteiger partial charge in [0.25, 0.3) is 0 Å². The summed E-state index contributed by atoms with van der Waals surface area (Å²) in [6.07, 6.45) is 6.67. The molecule has 4 atom stereocenters. The zero-order valence-electron chi connectivity index (χ0n) is 12.6. The lowest BCUT2D eigenvalue weighted by atomic mass is 9.48. The fraction of sp³-hybridized carbons (Fsp3) is 1.00. The summed E-state index contributed by atoms with van der Waals surface area (Å²) in [5, 5.41) is 11.0. The Bertz CT molecular complexity index is 383. The highest BCUT2D eigenvalue weighted by Gasteiger charge is 2.73. The molecule has 2 nitrogen and oxygen atoms in total. The summed E-state index contributed by atoms with van der Waals surface area (Å²) in [4.78, 5) is 0. The van der Waals surface area contributed by atoms with Crippen molar-refractivity contribution >= 4 is 0 Å². The van der Waals surface area contributed by atoms with Gasteiger partial charge < -0.3 is 9.84 Å². The summed E-state index contributed by atoms with van der Waals surface area (Å²) in [5.74, 6) is 0. The summed E-state index contributed by atoms with van der Waals surface area (Å²) in [6, 6.07) is 0. The summed E-state index contributed by atoms with van der Waals surface area (Å²) < 4.78 is 6.64. The van der Waals surface area contributed by atoms with Gasteiger partial charge >= 0.3 is 0 Å². The topological polar surface area (TPSA) is 29.5 Å². The molecular weight excluding hydrogens is 224 g/mol. The molecule has 2 bridgehead atoms. The molecule has 2 aliphatic carbocycles. The van der Waals surface area contributed by atoms with Gasteiger partial charge in [-0.25, -0.2) is 0 Å². The van der Waals surface area contributed by atoms with Crippen LogP contribution in [0, 0.1) is 10.8 Å². The standard InChI is InChI=1S/C16H28O2/c1-12(2)14(4)10-9-13(3)7-6-8-15(5,17)16(13,11-14)18-12/h17H,6-11H2,1-5H3/t13-,14-,15+,16-/m0/s1. The van der Waals surface area contributed by atoms with Crippen molar-refractivity contribution in [2.75, 3.05) is 0 Å². The number of rotatable bonds is 0. The monoisotopic (exact) mass is 252 g/mol. The largest absolute Gasteiger partial charge is 0.387 e. The lowest BCUT2D eigenvalue weighted by Gasteiger charge is -2.59. The van der Waals surface area contributed by atoms with Crippen molar-refractivity contribution < 1.29 is 9.84 Å². The SMILES string of the molecule is CC1(C)O[C@@]23C[C@]1(C)CC[C@]2(C)CCC[C@@]3(C)O.